The number of rotatable bonds is 7. The molecule has 0 radical (unpaired) electrons. The topological polar surface area (TPSA) is 134 Å². The number of nitrogens with zero attached hydrogens (tertiary/aromatic N) is 4. The number of imide groups is 1. The Hall–Kier alpha value is -2.90. The van der Waals surface area contributed by atoms with Crippen LogP contribution < -0.4 is 10.6 Å². The van der Waals surface area contributed by atoms with Crippen molar-refractivity contribution in [2.24, 2.45) is 0 Å². The minimum Gasteiger partial charge on any atom is -0.352 e. The summed E-state index contributed by atoms with van der Waals surface area (Å²) in [5, 5.41) is 5.33. The lowest BCUT2D eigenvalue weighted by molar-refractivity contribution is -0.125. The molecule has 3 amide bonds. The van der Waals surface area contributed by atoms with Gasteiger partial charge in [0.25, 0.3) is 5.91 Å². The fraction of sp³-hybridized carbons (Fsp3) is 0.250. The molecule has 1 aliphatic rings. The summed E-state index contributed by atoms with van der Waals surface area (Å²) in [6.45, 7) is 3.93. The smallest absolute Gasteiger partial charge is 0.325 e. The van der Waals surface area contributed by atoms with Gasteiger partial charge in [-0.25, -0.2) is 28.2 Å². The molecule has 13 heteroatoms. The molecule has 2 N–H and O–H groups in total. The molecule has 4 rings (SSSR count). The molecule has 172 valence electrons. The van der Waals surface area contributed by atoms with Crippen molar-refractivity contribution in [3.8, 4) is 10.6 Å². The molecule has 1 fully saturated rings. The number of nitrogens with one attached hydrogen (secondary N) is 2. The first-order valence-electron chi connectivity index (χ1n) is 9.76. The Kier molecular flexibility index (Phi) is 6.20. The largest absolute Gasteiger partial charge is 0.352 e. The van der Waals surface area contributed by atoms with Crippen LogP contribution in [0.4, 0.5) is 10.7 Å². The average Bonchev–Trinajstić information content (AvgIpc) is 3.35. The minimum absolute atomic E-state index is 0.0186. The lowest BCUT2D eigenvalue weighted by Gasteiger charge is -2.27. The van der Waals surface area contributed by atoms with E-state index in [2.05, 4.69) is 41.5 Å². The number of carbonyl (C=O) groups is 2. The Morgan fingerprint density at radius 3 is 2.64 bits per heavy atom. The lowest BCUT2D eigenvalue weighted by Crippen LogP contribution is -2.46. The van der Waals surface area contributed by atoms with Crippen LogP contribution in [0.2, 0.25) is 0 Å². The standard InChI is InChI=1S/C20H19BrN6O4S2/c1-20(2)17(28)26-19(29)27(20)10-9-23-18-24-11-12(21)16(25-18)13-6-7-15(32-13)33(30,31)14-5-3-4-8-22-14/h3-8,11H,9-10H2,1-2H3,(H,23,24,25)(H,26,28,29). The molecule has 0 saturated carbocycles. The summed E-state index contributed by atoms with van der Waals surface area (Å²) in [6.07, 6.45) is 3.00. The molecule has 10 nitrogen and oxygen atoms in total. The molecule has 0 aromatic carbocycles. The van der Waals surface area contributed by atoms with Gasteiger partial charge in [-0.05, 0) is 54.0 Å². The monoisotopic (exact) mass is 550 g/mol. The molecular formula is C20H19BrN6O4S2. The van der Waals surface area contributed by atoms with Gasteiger partial charge in [-0.2, -0.15) is 0 Å². The summed E-state index contributed by atoms with van der Waals surface area (Å²) in [5.41, 5.74) is -0.411. The second kappa shape index (κ2) is 8.80. The Labute approximate surface area is 202 Å². The highest BCUT2D eigenvalue weighted by atomic mass is 79.9. The molecule has 1 saturated heterocycles. The van der Waals surface area contributed by atoms with Gasteiger partial charge < -0.3 is 10.2 Å². The predicted molar refractivity (Wildman–Crippen MR) is 126 cm³/mol. The fourth-order valence-corrected chi connectivity index (χ4v) is 6.33. The third-order valence-electron chi connectivity index (χ3n) is 5.05. The summed E-state index contributed by atoms with van der Waals surface area (Å²) in [7, 11) is -3.73. The van der Waals surface area contributed by atoms with Crippen LogP contribution in [0.3, 0.4) is 0 Å². The van der Waals surface area contributed by atoms with Crippen molar-refractivity contribution >= 4 is 55.0 Å². The number of amides is 3. The molecule has 3 aromatic rings. The Bertz CT molecular complexity index is 1330. The number of urea groups is 1. The second-order valence-corrected chi connectivity index (χ2v) is 11.6. The Morgan fingerprint density at radius 2 is 1.97 bits per heavy atom. The second-order valence-electron chi connectivity index (χ2n) is 7.58. The first kappa shape index (κ1) is 23.3. The van der Waals surface area contributed by atoms with Gasteiger partial charge in [0, 0.05) is 25.5 Å². The van der Waals surface area contributed by atoms with Crippen molar-refractivity contribution in [2.75, 3.05) is 18.4 Å². The molecule has 33 heavy (non-hydrogen) atoms. The normalized spacial score (nSPS) is 15.5. The van der Waals surface area contributed by atoms with Crippen molar-refractivity contribution in [3.63, 3.8) is 0 Å². The highest BCUT2D eigenvalue weighted by molar-refractivity contribution is 9.10. The number of pyridine rings is 1. The van der Waals surface area contributed by atoms with Crippen molar-refractivity contribution in [1.82, 2.24) is 25.2 Å². The predicted octanol–water partition coefficient (Wildman–Crippen LogP) is 2.94. The maximum Gasteiger partial charge on any atom is 0.325 e. The maximum absolute atomic E-state index is 12.8. The van der Waals surface area contributed by atoms with E-state index >= 15 is 0 Å². The molecule has 0 atom stereocenters. The zero-order valence-corrected chi connectivity index (χ0v) is 20.8. The van der Waals surface area contributed by atoms with E-state index in [1.54, 1.807) is 38.2 Å². The van der Waals surface area contributed by atoms with Gasteiger partial charge >= 0.3 is 6.03 Å². The molecular weight excluding hydrogens is 532 g/mol. The number of aromatic nitrogens is 3. The molecule has 0 bridgehead atoms. The summed E-state index contributed by atoms with van der Waals surface area (Å²) in [4.78, 5) is 38.6. The van der Waals surface area contributed by atoms with E-state index in [1.165, 1.54) is 23.2 Å². The molecule has 1 aliphatic heterocycles. The minimum atomic E-state index is -3.73. The van der Waals surface area contributed by atoms with E-state index in [-0.39, 0.29) is 21.7 Å². The van der Waals surface area contributed by atoms with Crippen LogP contribution in [0.5, 0.6) is 0 Å². The van der Waals surface area contributed by atoms with Crippen molar-refractivity contribution in [1.29, 1.82) is 0 Å². The van der Waals surface area contributed by atoms with E-state index in [4.69, 9.17) is 0 Å². The number of hydrogen-bond acceptors (Lipinski definition) is 9. The van der Waals surface area contributed by atoms with Gasteiger partial charge in [0.2, 0.25) is 15.8 Å². The van der Waals surface area contributed by atoms with Crippen molar-refractivity contribution in [2.45, 2.75) is 28.6 Å². The zero-order valence-electron chi connectivity index (χ0n) is 17.6. The van der Waals surface area contributed by atoms with Crippen LogP contribution >= 0.6 is 27.3 Å². The summed E-state index contributed by atoms with van der Waals surface area (Å²) < 4.78 is 26.4. The Balaban J connectivity index is 1.51. The number of hydrogen-bond donors (Lipinski definition) is 2. The first-order chi connectivity index (χ1) is 15.6. The van der Waals surface area contributed by atoms with Gasteiger partial charge in [-0.15, -0.1) is 11.3 Å². The van der Waals surface area contributed by atoms with Gasteiger partial charge in [0.05, 0.1) is 9.35 Å². The molecule has 0 spiro atoms. The first-order valence-corrected chi connectivity index (χ1v) is 12.9. The molecule has 0 aliphatic carbocycles. The number of halogens is 1. The van der Waals surface area contributed by atoms with Gasteiger partial charge in [-0.1, -0.05) is 6.07 Å². The van der Waals surface area contributed by atoms with Crippen LogP contribution in [0.25, 0.3) is 10.6 Å². The Morgan fingerprint density at radius 1 is 1.18 bits per heavy atom. The van der Waals surface area contributed by atoms with Crippen LogP contribution in [-0.4, -0.2) is 58.8 Å². The summed E-state index contributed by atoms with van der Waals surface area (Å²) in [6, 6.07) is 7.49. The quantitative estimate of drug-likeness (QED) is 0.428. The maximum atomic E-state index is 12.8. The summed E-state index contributed by atoms with van der Waals surface area (Å²) in [5.74, 6) is -0.0386. The van der Waals surface area contributed by atoms with E-state index in [0.717, 1.165) is 11.3 Å². The summed E-state index contributed by atoms with van der Waals surface area (Å²) >= 11 is 4.50. The van der Waals surface area contributed by atoms with Gasteiger partial charge in [0.1, 0.15) is 15.4 Å². The lowest BCUT2D eigenvalue weighted by atomic mass is 10.0. The van der Waals surface area contributed by atoms with Crippen LogP contribution in [-0.2, 0) is 14.6 Å². The molecule has 4 heterocycles. The van der Waals surface area contributed by atoms with Crippen molar-refractivity contribution in [3.05, 3.63) is 47.2 Å². The number of anilines is 1. The number of carbonyl (C=O) groups excluding carboxylic acids is 2. The average molecular weight is 551 g/mol. The number of thiophene rings is 1. The van der Waals surface area contributed by atoms with E-state index in [1.807, 2.05) is 0 Å². The van der Waals surface area contributed by atoms with E-state index < -0.39 is 21.4 Å². The van der Waals surface area contributed by atoms with E-state index in [0.29, 0.717) is 27.5 Å². The van der Waals surface area contributed by atoms with Gasteiger partial charge in [0.15, 0.2) is 5.03 Å². The van der Waals surface area contributed by atoms with Gasteiger partial charge in [-0.3, -0.25) is 10.1 Å². The highest BCUT2D eigenvalue weighted by Crippen LogP contribution is 2.35. The third-order valence-corrected chi connectivity index (χ3v) is 8.88. The zero-order chi connectivity index (χ0) is 23.8. The molecule has 3 aromatic heterocycles. The highest BCUT2D eigenvalue weighted by Gasteiger charge is 2.45. The van der Waals surface area contributed by atoms with Crippen LogP contribution in [0.1, 0.15) is 13.8 Å². The van der Waals surface area contributed by atoms with Crippen LogP contribution in [0.15, 0.2) is 56.4 Å². The molecule has 0 unspecified atom stereocenters. The third kappa shape index (κ3) is 4.48. The van der Waals surface area contributed by atoms with E-state index in [9.17, 15) is 18.0 Å². The van der Waals surface area contributed by atoms with Crippen LogP contribution in [0, 0.1) is 0 Å². The fourth-order valence-electron chi connectivity index (χ4n) is 3.18. The SMILES string of the molecule is CC1(C)C(=O)NC(=O)N1CCNc1ncc(Br)c(-c2ccc(S(=O)(=O)c3ccccn3)s2)n1. The number of sulfone groups is 1. The van der Waals surface area contributed by atoms with Crippen molar-refractivity contribution < 1.29 is 18.0 Å².